The second-order valence-corrected chi connectivity index (χ2v) is 9.65. The van der Waals surface area contributed by atoms with E-state index >= 15 is 0 Å². The average molecular weight is 436 g/mol. The molecule has 0 radical (unpaired) electrons. The Morgan fingerprint density at radius 3 is 2.37 bits per heavy atom. The number of ether oxygens (including phenoxy) is 1. The van der Waals surface area contributed by atoms with Crippen molar-refractivity contribution < 1.29 is 14.3 Å². The zero-order valence-corrected chi connectivity index (χ0v) is 19.1. The predicted octanol–water partition coefficient (Wildman–Crippen LogP) is 3.11. The minimum Gasteiger partial charge on any atom is -0.379 e. The van der Waals surface area contributed by atoms with E-state index in [1.165, 1.54) is 0 Å². The molecule has 1 atom stereocenters. The average Bonchev–Trinajstić information content (AvgIpc) is 2.74. The monoisotopic (exact) mass is 435 g/mol. The maximum Gasteiger partial charge on any atom is 0.227 e. The fraction of sp³-hybridized carbons (Fsp3) is 0.652. The molecule has 30 heavy (non-hydrogen) atoms. The van der Waals surface area contributed by atoms with E-state index in [-0.39, 0.29) is 29.2 Å². The quantitative estimate of drug-likeness (QED) is 0.771. The van der Waals surface area contributed by atoms with Gasteiger partial charge in [0.2, 0.25) is 11.8 Å². The maximum atomic E-state index is 12.9. The lowest BCUT2D eigenvalue weighted by molar-refractivity contribution is -0.142. The van der Waals surface area contributed by atoms with Gasteiger partial charge in [-0.25, -0.2) is 0 Å². The van der Waals surface area contributed by atoms with Crippen molar-refractivity contribution in [3.63, 3.8) is 0 Å². The molecule has 3 rings (SSSR count). The summed E-state index contributed by atoms with van der Waals surface area (Å²) < 4.78 is 5.50. The van der Waals surface area contributed by atoms with Crippen molar-refractivity contribution in [1.82, 2.24) is 15.1 Å². The van der Waals surface area contributed by atoms with Gasteiger partial charge in [-0.1, -0.05) is 50.6 Å². The Morgan fingerprint density at radius 1 is 1.13 bits per heavy atom. The Kier molecular flexibility index (Phi) is 7.77. The highest BCUT2D eigenvalue weighted by molar-refractivity contribution is 6.31. The number of amides is 2. The van der Waals surface area contributed by atoms with Gasteiger partial charge in [0.1, 0.15) is 0 Å². The summed E-state index contributed by atoms with van der Waals surface area (Å²) in [4.78, 5) is 29.6. The molecule has 7 heteroatoms. The Balaban J connectivity index is 1.58. The first-order chi connectivity index (χ1) is 14.3. The smallest absolute Gasteiger partial charge is 0.227 e. The van der Waals surface area contributed by atoms with Crippen molar-refractivity contribution >= 4 is 23.4 Å². The standard InChI is InChI=1S/C23H34ClN3O3/c1-23(2,3)22(29)27-10-8-17(9-11-27)21(28)25-16-20(26-12-14-30-15-13-26)18-6-4-5-7-19(18)24/h4-7,17,20H,8-16H2,1-3H3,(H,25,28). The summed E-state index contributed by atoms with van der Waals surface area (Å²) in [5.74, 6) is 0.182. The van der Waals surface area contributed by atoms with Gasteiger partial charge in [0.15, 0.2) is 0 Å². The van der Waals surface area contributed by atoms with E-state index in [2.05, 4.69) is 10.2 Å². The molecule has 2 amide bonds. The Labute approximate surface area is 184 Å². The number of carbonyl (C=O) groups is 2. The molecule has 2 saturated heterocycles. The molecule has 1 aromatic carbocycles. The van der Waals surface area contributed by atoms with Gasteiger partial charge in [0.05, 0.1) is 19.3 Å². The first-order valence-electron chi connectivity index (χ1n) is 10.9. The lowest BCUT2D eigenvalue weighted by Crippen LogP contribution is -2.48. The molecule has 0 saturated carbocycles. The molecule has 2 heterocycles. The molecule has 0 spiro atoms. The molecule has 6 nitrogen and oxygen atoms in total. The van der Waals surface area contributed by atoms with Gasteiger partial charge < -0.3 is 15.0 Å². The van der Waals surface area contributed by atoms with E-state index < -0.39 is 0 Å². The lowest BCUT2D eigenvalue weighted by atomic mass is 9.90. The van der Waals surface area contributed by atoms with E-state index in [9.17, 15) is 9.59 Å². The highest BCUT2D eigenvalue weighted by atomic mass is 35.5. The second kappa shape index (κ2) is 10.1. The number of carbonyl (C=O) groups excluding carboxylic acids is 2. The zero-order chi connectivity index (χ0) is 21.7. The van der Waals surface area contributed by atoms with Crippen molar-refractivity contribution in [3.05, 3.63) is 34.9 Å². The van der Waals surface area contributed by atoms with Gasteiger partial charge in [0, 0.05) is 49.1 Å². The van der Waals surface area contributed by atoms with Gasteiger partial charge in [0.25, 0.3) is 0 Å². The first-order valence-corrected chi connectivity index (χ1v) is 11.3. The minimum absolute atomic E-state index is 0.0223. The fourth-order valence-corrected chi connectivity index (χ4v) is 4.49. The predicted molar refractivity (Wildman–Crippen MR) is 118 cm³/mol. The number of morpholine rings is 1. The van der Waals surface area contributed by atoms with Crippen LogP contribution >= 0.6 is 11.6 Å². The summed E-state index contributed by atoms with van der Waals surface area (Å²) in [6, 6.07) is 7.86. The van der Waals surface area contributed by atoms with E-state index in [4.69, 9.17) is 16.3 Å². The number of piperidine rings is 1. The van der Waals surface area contributed by atoms with E-state index in [0.29, 0.717) is 45.7 Å². The number of hydrogen-bond acceptors (Lipinski definition) is 4. The van der Waals surface area contributed by atoms with Crippen molar-refractivity contribution in [3.8, 4) is 0 Å². The van der Waals surface area contributed by atoms with Crippen molar-refractivity contribution in [2.75, 3.05) is 45.9 Å². The molecule has 1 N–H and O–H groups in total. The third-order valence-electron chi connectivity index (χ3n) is 6.01. The normalized spacial score (nSPS) is 20.1. The van der Waals surface area contributed by atoms with Gasteiger partial charge >= 0.3 is 0 Å². The van der Waals surface area contributed by atoms with Crippen LogP contribution in [0, 0.1) is 11.3 Å². The van der Waals surface area contributed by atoms with Crippen LogP contribution in [0.4, 0.5) is 0 Å². The van der Waals surface area contributed by atoms with Crippen LogP contribution in [0.2, 0.25) is 5.02 Å². The van der Waals surface area contributed by atoms with Crippen LogP contribution in [0.3, 0.4) is 0 Å². The fourth-order valence-electron chi connectivity index (χ4n) is 4.23. The van der Waals surface area contributed by atoms with Crippen LogP contribution in [-0.4, -0.2) is 67.6 Å². The topological polar surface area (TPSA) is 61.9 Å². The van der Waals surface area contributed by atoms with Crippen molar-refractivity contribution in [2.24, 2.45) is 11.3 Å². The Hall–Kier alpha value is -1.63. The summed E-state index contributed by atoms with van der Waals surface area (Å²) in [5.41, 5.74) is 0.655. The second-order valence-electron chi connectivity index (χ2n) is 9.25. The highest BCUT2D eigenvalue weighted by Crippen LogP contribution is 2.28. The maximum absolute atomic E-state index is 12.9. The van der Waals surface area contributed by atoms with Gasteiger partial charge in [-0.2, -0.15) is 0 Å². The summed E-state index contributed by atoms with van der Waals surface area (Å²) in [6.07, 6.45) is 1.42. The molecule has 0 aliphatic carbocycles. The molecule has 2 aliphatic heterocycles. The minimum atomic E-state index is -0.380. The molecule has 0 bridgehead atoms. The first kappa shape index (κ1) is 23.0. The molecule has 1 unspecified atom stereocenters. The van der Waals surface area contributed by atoms with E-state index in [1.807, 2.05) is 49.9 Å². The highest BCUT2D eigenvalue weighted by Gasteiger charge is 2.33. The third kappa shape index (κ3) is 5.74. The summed E-state index contributed by atoms with van der Waals surface area (Å²) in [5, 5.41) is 3.89. The van der Waals surface area contributed by atoms with Crippen LogP contribution < -0.4 is 5.32 Å². The molecular formula is C23H34ClN3O3. The summed E-state index contributed by atoms with van der Waals surface area (Å²) in [7, 11) is 0. The van der Waals surface area contributed by atoms with E-state index in [0.717, 1.165) is 23.7 Å². The number of nitrogens with one attached hydrogen (secondary N) is 1. The number of rotatable bonds is 5. The van der Waals surface area contributed by atoms with E-state index in [1.54, 1.807) is 0 Å². The Morgan fingerprint density at radius 2 is 1.77 bits per heavy atom. The Bertz CT molecular complexity index is 735. The number of benzene rings is 1. The van der Waals surface area contributed by atoms with Crippen molar-refractivity contribution in [2.45, 2.75) is 39.7 Å². The summed E-state index contributed by atoms with van der Waals surface area (Å²) >= 11 is 6.48. The zero-order valence-electron chi connectivity index (χ0n) is 18.3. The molecule has 0 aromatic heterocycles. The largest absolute Gasteiger partial charge is 0.379 e. The number of halogens is 1. The van der Waals surface area contributed by atoms with Gasteiger partial charge in [-0.3, -0.25) is 14.5 Å². The molecule has 166 valence electrons. The molecule has 2 aliphatic rings. The van der Waals surface area contributed by atoms with Crippen LogP contribution in [-0.2, 0) is 14.3 Å². The molecular weight excluding hydrogens is 402 g/mol. The van der Waals surface area contributed by atoms with Crippen LogP contribution in [0.25, 0.3) is 0 Å². The number of likely N-dealkylation sites (tertiary alicyclic amines) is 1. The van der Waals surface area contributed by atoms with Crippen LogP contribution in [0.1, 0.15) is 45.2 Å². The number of nitrogens with zero attached hydrogens (tertiary/aromatic N) is 2. The molecule has 1 aromatic rings. The van der Waals surface area contributed by atoms with Crippen LogP contribution in [0.5, 0.6) is 0 Å². The number of hydrogen-bond donors (Lipinski definition) is 1. The third-order valence-corrected chi connectivity index (χ3v) is 6.36. The lowest BCUT2D eigenvalue weighted by Gasteiger charge is -2.37. The van der Waals surface area contributed by atoms with Gasteiger partial charge in [-0.15, -0.1) is 0 Å². The van der Waals surface area contributed by atoms with Crippen LogP contribution in [0.15, 0.2) is 24.3 Å². The van der Waals surface area contributed by atoms with Crippen molar-refractivity contribution in [1.29, 1.82) is 0 Å². The SMILES string of the molecule is CC(C)(C)C(=O)N1CCC(C(=O)NCC(c2ccccc2Cl)N2CCOCC2)CC1. The molecule has 2 fully saturated rings. The van der Waals surface area contributed by atoms with Gasteiger partial charge in [-0.05, 0) is 24.5 Å². The summed E-state index contributed by atoms with van der Waals surface area (Å²) in [6.45, 7) is 10.6.